The Labute approximate surface area is 89.1 Å². The Morgan fingerprint density at radius 3 is 2.71 bits per heavy atom. The predicted molar refractivity (Wildman–Crippen MR) is 61.5 cm³/mol. The molecule has 0 saturated heterocycles. The van der Waals surface area contributed by atoms with Crippen molar-refractivity contribution >= 4 is 17.7 Å². The molecule has 1 aromatic rings. The van der Waals surface area contributed by atoms with Crippen LogP contribution in [-0.2, 0) is 6.54 Å². The Morgan fingerprint density at radius 2 is 2.36 bits per heavy atom. The number of imidazole rings is 1. The van der Waals surface area contributed by atoms with Crippen LogP contribution in [0.2, 0.25) is 0 Å². The molecule has 14 heavy (non-hydrogen) atoms. The zero-order valence-electron chi connectivity index (χ0n) is 8.79. The van der Waals surface area contributed by atoms with E-state index in [2.05, 4.69) is 22.7 Å². The number of aryl methyl sites for hydroxylation is 1. The maximum Gasteiger partial charge on any atom is 0.200 e. The second-order valence-electron chi connectivity index (χ2n) is 4.08. The molecule has 4 heteroatoms. The summed E-state index contributed by atoms with van der Waals surface area (Å²) in [5, 5.41) is 0. The van der Waals surface area contributed by atoms with Gasteiger partial charge in [-0.2, -0.15) is 11.8 Å². The topological polar surface area (TPSA) is 43.8 Å². The summed E-state index contributed by atoms with van der Waals surface area (Å²) >= 11 is 1.97. The van der Waals surface area contributed by atoms with Crippen LogP contribution in [0.25, 0.3) is 0 Å². The number of aromatic nitrogens is 2. The molecular formula is C10H17N3S. The van der Waals surface area contributed by atoms with Gasteiger partial charge in [-0.05, 0) is 26.0 Å². The first-order valence-corrected chi connectivity index (χ1v) is 6.22. The molecule has 1 aromatic heterocycles. The van der Waals surface area contributed by atoms with Gasteiger partial charge in [-0.15, -0.1) is 0 Å². The molecule has 1 fully saturated rings. The molecule has 0 aromatic carbocycles. The van der Waals surface area contributed by atoms with Crippen LogP contribution >= 0.6 is 11.8 Å². The van der Waals surface area contributed by atoms with Crippen molar-refractivity contribution in [2.45, 2.75) is 37.5 Å². The maximum absolute atomic E-state index is 5.82. The molecule has 1 aliphatic carbocycles. The van der Waals surface area contributed by atoms with Gasteiger partial charge in [0.05, 0.1) is 6.20 Å². The highest BCUT2D eigenvalue weighted by molar-refractivity contribution is 8.00. The van der Waals surface area contributed by atoms with Crippen LogP contribution in [0.5, 0.6) is 0 Å². The van der Waals surface area contributed by atoms with E-state index in [1.807, 2.05) is 18.0 Å². The number of rotatable bonds is 3. The zero-order valence-corrected chi connectivity index (χ0v) is 9.60. The molecule has 78 valence electrons. The smallest absolute Gasteiger partial charge is 0.200 e. The minimum Gasteiger partial charge on any atom is -0.369 e. The fraction of sp³-hybridized carbons (Fsp3) is 0.700. The third-order valence-corrected chi connectivity index (χ3v) is 4.63. The van der Waals surface area contributed by atoms with E-state index in [1.54, 1.807) is 0 Å². The average Bonchev–Trinajstić information content (AvgIpc) is 2.41. The third-order valence-electron chi connectivity index (χ3n) is 3.23. The summed E-state index contributed by atoms with van der Waals surface area (Å²) in [4.78, 5) is 4.12. The van der Waals surface area contributed by atoms with Crippen molar-refractivity contribution in [2.75, 3.05) is 12.0 Å². The Kier molecular flexibility index (Phi) is 2.47. The van der Waals surface area contributed by atoms with Crippen molar-refractivity contribution in [1.82, 2.24) is 9.55 Å². The molecule has 0 bridgehead atoms. The Bertz CT molecular complexity index is 303. The minimum atomic E-state index is 0.430. The first kappa shape index (κ1) is 9.90. The lowest BCUT2D eigenvalue weighted by Crippen LogP contribution is -2.38. The first-order chi connectivity index (χ1) is 6.67. The first-order valence-electron chi connectivity index (χ1n) is 5.00. The van der Waals surface area contributed by atoms with Crippen molar-refractivity contribution in [3.63, 3.8) is 0 Å². The lowest BCUT2D eigenvalue weighted by molar-refractivity contribution is 0.321. The summed E-state index contributed by atoms with van der Waals surface area (Å²) in [5.41, 5.74) is 6.99. The largest absolute Gasteiger partial charge is 0.369 e. The lowest BCUT2D eigenvalue weighted by atomic mass is 9.84. The van der Waals surface area contributed by atoms with Gasteiger partial charge in [0.25, 0.3) is 0 Å². The quantitative estimate of drug-likeness (QED) is 0.832. The molecule has 2 N–H and O–H groups in total. The van der Waals surface area contributed by atoms with Gasteiger partial charge in [0, 0.05) is 17.0 Å². The highest BCUT2D eigenvalue weighted by Gasteiger charge is 2.37. The fourth-order valence-electron chi connectivity index (χ4n) is 1.97. The van der Waals surface area contributed by atoms with Gasteiger partial charge in [-0.25, -0.2) is 4.98 Å². The second kappa shape index (κ2) is 3.50. The second-order valence-corrected chi connectivity index (χ2v) is 5.36. The summed E-state index contributed by atoms with van der Waals surface area (Å²) in [6.45, 7) is 3.09. The molecule has 2 rings (SSSR count). The van der Waals surface area contributed by atoms with Gasteiger partial charge in [0.15, 0.2) is 5.95 Å². The normalized spacial score (nSPS) is 19.3. The standard InChI is InChI=1S/C10H17N3S/c1-8-6-12-9(11)13(8)7-10(14-2)4-3-5-10/h6H,3-5,7H2,1-2H3,(H2,11,12). The van der Waals surface area contributed by atoms with E-state index in [0.717, 1.165) is 6.54 Å². The summed E-state index contributed by atoms with van der Waals surface area (Å²) in [6, 6.07) is 0. The fourth-order valence-corrected chi connectivity index (χ4v) is 2.93. The van der Waals surface area contributed by atoms with Gasteiger partial charge in [0.1, 0.15) is 0 Å². The predicted octanol–water partition coefficient (Wildman–Crippen LogP) is 2.06. The molecule has 3 nitrogen and oxygen atoms in total. The summed E-state index contributed by atoms with van der Waals surface area (Å²) < 4.78 is 2.56. The van der Waals surface area contributed by atoms with Crippen LogP contribution < -0.4 is 5.73 Å². The number of nitrogens with two attached hydrogens (primary N) is 1. The number of anilines is 1. The van der Waals surface area contributed by atoms with Crippen LogP contribution in [0.1, 0.15) is 25.0 Å². The number of thioether (sulfide) groups is 1. The molecule has 1 saturated carbocycles. The molecular weight excluding hydrogens is 194 g/mol. The number of nitrogens with zero attached hydrogens (tertiary/aromatic N) is 2. The van der Waals surface area contributed by atoms with Gasteiger partial charge in [0.2, 0.25) is 0 Å². The molecule has 0 atom stereocenters. The molecule has 0 radical (unpaired) electrons. The highest BCUT2D eigenvalue weighted by atomic mass is 32.2. The van der Waals surface area contributed by atoms with Crippen LogP contribution in [0.4, 0.5) is 5.95 Å². The van der Waals surface area contributed by atoms with Gasteiger partial charge in [-0.3, -0.25) is 0 Å². The third kappa shape index (κ3) is 1.52. The molecule has 1 heterocycles. The molecule has 1 aliphatic rings. The van der Waals surface area contributed by atoms with Gasteiger partial charge < -0.3 is 10.3 Å². The number of hydrogen-bond donors (Lipinski definition) is 1. The van der Waals surface area contributed by atoms with Crippen molar-refractivity contribution in [2.24, 2.45) is 0 Å². The monoisotopic (exact) mass is 211 g/mol. The van der Waals surface area contributed by atoms with E-state index in [1.165, 1.54) is 25.0 Å². The van der Waals surface area contributed by atoms with Crippen LogP contribution in [0.3, 0.4) is 0 Å². The number of nitrogen functional groups attached to an aromatic ring is 1. The van der Waals surface area contributed by atoms with Gasteiger partial charge in [-0.1, -0.05) is 6.42 Å². The van der Waals surface area contributed by atoms with Gasteiger partial charge >= 0.3 is 0 Å². The Hall–Kier alpha value is -0.640. The lowest BCUT2D eigenvalue weighted by Gasteiger charge is -2.41. The zero-order chi connectivity index (χ0) is 10.2. The molecule has 0 amide bonds. The molecule has 0 spiro atoms. The van der Waals surface area contributed by atoms with Crippen molar-refractivity contribution in [3.05, 3.63) is 11.9 Å². The van der Waals surface area contributed by atoms with Crippen LogP contribution in [-0.4, -0.2) is 20.6 Å². The Morgan fingerprint density at radius 1 is 1.64 bits per heavy atom. The highest BCUT2D eigenvalue weighted by Crippen LogP contribution is 2.44. The van der Waals surface area contributed by atoms with E-state index in [-0.39, 0.29) is 0 Å². The number of hydrogen-bond acceptors (Lipinski definition) is 3. The van der Waals surface area contributed by atoms with E-state index in [4.69, 9.17) is 5.73 Å². The summed E-state index contributed by atoms with van der Waals surface area (Å²) in [7, 11) is 0. The van der Waals surface area contributed by atoms with Crippen molar-refractivity contribution in [1.29, 1.82) is 0 Å². The van der Waals surface area contributed by atoms with E-state index in [0.29, 0.717) is 10.7 Å². The maximum atomic E-state index is 5.82. The van der Waals surface area contributed by atoms with Crippen molar-refractivity contribution < 1.29 is 0 Å². The molecule has 0 unspecified atom stereocenters. The van der Waals surface area contributed by atoms with E-state index >= 15 is 0 Å². The van der Waals surface area contributed by atoms with E-state index in [9.17, 15) is 0 Å². The summed E-state index contributed by atoms with van der Waals surface area (Å²) in [6.07, 6.45) is 8.02. The molecule has 0 aliphatic heterocycles. The van der Waals surface area contributed by atoms with Crippen LogP contribution in [0, 0.1) is 6.92 Å². The average molecular weight is 211 g/mol. The summed E-state index contributed by atoms with van der Waals surface area (Å²) in [5.74, 6) is 0.655. The van der Waals surface area contributed by atoms with Crippen molar-refractivity contribution in [3.8, 4) is 0 Å². The van der Waals surface area contributed by atoms with E-state index < -0.39 is 0 Å². The Balaban J connectivity index is 2.17. The minimum absolute atomic E-state index is 0.430. The van der Waals surface area contributed by atoms with Crippen LogP contribution in [0.15, 0.2) is 6.20 Å². The SMILES string of the molecule is CSC1(Cn2c(C)cnc2N)CCC1.